The Bertz CT molecular complexity index is 1510. The van der Waals surface area contributed by atoms with Gasteiger partial charge in [0.2, 0.25) is 0 Å². The number of hydrogen-bond donors (Lipinski definition) is 1. The molecule has 0 saturated heterocycles. The Kier molecular flexibility index (Phi) is 7.08. The van der Waals surface area contributed by atoms with Crippen LogP contribution in [0.3, 0.4) is 0 Å². The van der Waals surface area contributed by atoms with Crippen molar-refractivity contribution in [3.8, 4) is 17.2 Å². The highest BCUT2D eigenvalue weighted by Crippen LogP contribution is 2.30. The van der Waals surface area contributed by atoms with E-state index >= 15 is 0 Å². The van der Waals surface area contributed by atoms with Gasteiger partial charge in [-0.2, -0.15) is 0 Å². The number of carbonyl (C=O) groups excluding carboxylic acids is 2. The monoisotopic (exact) mass is 512 g/mol. The fourth-order valence-electron chi connectivity index (χ4n) is 4.43. The van der Waals surface area contributed by atoms with Crippen molar-refractivity contribution in [2.75, 3.05) is 26.1 Å². The Labute approximate surface area is 220 Å². The number of aromatic nitrogens is 2. The van der Waals surface area contributed by atoms with Crippen molar-refractivity contribution in [1.82, 2.24) is 14.9 Å². The van der Waals surface area contributed by atoms with E-state index in [0.29, 0.717) is 48.0 Å². The first-order chi connectivity index (χ1) is 18.4. The van der Waals surface area contributed by atoms with Crippen LogP contribution >= 0.6 is 0 Å². The maximum absolute atomic E-state index is 13.1. The van der Waals surface area contributed by atoms with Gasteiger partial charge in [-0.3, -0.25) is 14.6 Å². The molecule has 194 valence electrons. The van der Waals surface area contributed by atoms with Gasteiger partial charge < -0.3 is 24.4 Å². The zero-order valence-electron chi connectivity index (χ0n) is 21.4. The molecule has 0 saturated carbocycles. The molecule has 2 amide bonds. The van der Waals surface area contributed by atoms with E-state index in [1.165, 1.54) is 6.20 Å². The van der Waals surface area contributed by atoms with Gasteiger partial charge in [0.15, 0.2) is 17.6 Å². The predicted octanol–water partition coefficient (Wildman–Crippen LogP) is 4.25. The second kappa shape index (κ2) is 10.8. The summed E-state index contributed by atoms with van der Waals surface area (Å²) in [5.74, 6) is 1.45. The minimum Gasteiger partial charge on any atom is -0.493 e. The lowest BCUT2D eigenvalue weighted by Crippen LogP contribution is -2.39. The zero-order valence-corrected chi connectivity index (χ0v) is 21.4. The molecule has 1 N–H and O–H groups in total. The van der Waals surface area contributed by atoms with Crippen molar-refractivity contribution < 1.29 is 23.8 Å². The Morgan fingerprint density at radius 2 is 1.84 bits per heavy atom. The van der Waals surface area contributed by atoms with Gasteiger partial charge in [0.25, 0.3) is 11.8 Å². The fourth-order valence-corrected chi connectivity index (χ4v) is 4.43. The molecule has 9 nitrogen and oxygen atoms in total. The number of ether oxygens (including phenoxy) is 3. The van der Waals surface area contributed by atoms with Crippen LogP contribution in [0.25, 0.3) is 11.0 Å². The minimum atomic E-state index is -0.630. The SMILES string of the molecule is COc1ccc(CCN2Cc3cc(NC(=O)c4cnc5ccccc5n4)ccc3OC(C)C2=O)cc1OC. The van der Waals surface area contributed by atoms with E-state index in [2.05, 4.69) is 15.3 Å². The van der Waals surface area contributed by atoms with Crippen LogP contribution in [0.2, 0.25) is 0 Å². The number of hydrogen-bond acceptors (Lipinski definition) is 7. The summed E-state index contributed by atoms with van der Waals surface area (Å²) in [6.45, 7) is 2.59. The maximum Gasteiger partial charge on any atom is 0.275 e. The van der Waals surface area contributed by atoms with Crippen LogP contribution in [0.1, 0.15) is 28.5 Å². The van der Waals surface area contributed by atoms with E-state index in [0.717, 1.165) is 16.6 Å². The smallest absolute Gasteiger partial charge is 0.275 e. The number of rotatable bonds is 7. The highest BCUT2D eigenvalue weighted by Gasteiger charge is 2.28. The molecular formula is C29H28N4O5. The number of benzene rings is 3. The highest BCUT2D eigenvalue weighted by atomic mass is 16.5. The highest BCUT2D eigenvalue weighted by molar-refractivity contribution is 6.03. The van der Waals surface area contributed by atoms with Crippen molar-refractivity contribution in [3.63, 3.8) is 0 Å². The largest absolute Gasteiger partial charge is 0.493 e. The van der Waals surface area contributed by atoms with Crippen molar-refractivity contribution in [2.24, 2.45) is 0 Å². The molecular weight excluding hydrogens is 484 g/mol. The van der Waals surface area contributed by atoms with Crippen LogP contribution in [-0.2, 0) is 17.8 Å². The van der Waals surface area contributed by atoms with Crippen LogP contribution in [0, 0.1) is 0 Å². The number of anilines is 1. The van der Waals surface area contributed by atoms with Gasteiger partial charge in [0, 0.05) is 24.3 Å². The van der Waals surface area contributed by atoms with Gasteiger partial charge in [0.1, 0.15) is 11.4 Å². The zero-order chi connectivity index (χ0) is 26.6. The van der Waals surface area contributed by atoms with Gasteiger partial charge >= 0.3 is 0 Å². The molecule has 1 atom stereocenters. The standard InChI is InChI=1S/C29H28N4O5/c1-18-29(35)33(13-12-19-8-10-26(36-2)27(14-19)37-3)17-20-15-21(9-11-25(20)38-18)31-28(34)24-16-30-22-6-4-5-7-23(22)32-24/h4-11,14-16,18H,12-13,17H2,1-3H3,(H,31,34). The van der Waals surface area contributed by atoms with E-state index in [4.69, 9.17) is 14.2 Å². The molecule has 1 aromatic heterocycles. The van der Waals surface area contributed by atoms with E-state index in [1.807, 2.05) is 48.5 Å². The fraction of sp³-hybridized carbons (Fsp3) is 0.241. The molecule has 9 heteroatoms. The third-order valence-corrected chi connectivity index (χ3v) is 6.44. The summed E-state index contributed by atoms with van der Waals surface area (Å²) in [5, 5.41) is 2.89. The van der Waals surface area contributed by atoms with Crippen molar-refractivity contribution in [2.45, 2.75) is 26.0 Å². The molecule has 1 aliphatic heterocycles. The van der Waals surface area contributed by atoms with Gasteiger partial charge in [-0.1, -0.05) is 18.2 Å². The number of fused-ring (bicyclic) bond motifs is 2. The third kappa shape index (κ3) is 5.22. The van der Waals surface area contributed by atoms with Crippen LogP contribution in [0.5, 0.6) is 17.2 Å². The first-order valence-corrected chi connectivity index (χ1v) is 12.3. The Morgan fingerprint density at radius 3 is 2.63 bits per heavy atom. The molecule has 1 unspecified atom stereocenters. The summed E-state index contributed by atoms with van der Waals surface area (Å²) in [7, 11) is 3.19. The Morgan fingerprint density at radius 1 is 1.05 bits per heavy atom. The molecule has 0 aliphatic carbocycles. The van der Waals surface area contributed by atoms with Crippen molar-refractivity contribution in [1.29, 1.82) is 0 Å². The molecule has 4 aromatic rings. The number of methoxy groups -OCH3 is 2. The molecule has 38 heavy (non-hydrogen) atoms. The van der Waals surface area contributed by atoms with Crippen molar-refractivity contribution >= 4 is 28.5 Å². The van der Waals surface area contributed by atoms with Crippen LogP contribution < -0.4 is 19.5 Å². The molecule has 5 rings (SSSR count). The molecule has 0 spiro atoms. The normalized spacial score (nSPS) is 14.9. The van der Waals surface area contributed by atoms with Gasteiger partial charge in [0.05, 0.1) is 31.4 Å². The lowest BCUT2D eigenvalue weighted by Gasteiger charge is -2.22. The van der Waals surface area contributed by atoms with Gasteiger partial charge in [-0.15, -0.1) is 0 Å². The maximum atomic E-state index is 13.1. The first kappa shape index (κ1) is 25.0. The predicted molar refractivity (Wildman–Crippen MR) is 143 cm³/mol. The molecule has 3 aromatic carbocycles. The summed E-state index contributed by atoms with van der Waals surface area (Å²) >= 11 is 0. The topological polar surface area (TPSA) is 103 Å². The van der Waals surface area contributed by atoms with E-state index < -0.39 is 6.10 Å². The first-order valence-electron chi connectivity index (χ1n) is 12.3. The molecule has 1 aliphatic rings. The van der Waals surface area contributed by atoms with Crippen LogP contribution in [0.4, 0.5) is 5.69 Å². The van der Waals surface area contributed by atoms with Gasteiger partial charge in [-0.25, -0.2) is 4.98 Å². The molecule has 0 fully saturated rings. The number of carbonyl (C=O) groups is 2. The number of nitrogens with one attached hydrogen (secondary N) is 1. The quantitative estimate of drug-likeness (QED) is 0.395. The van der Waals surface area contributed by atoms with Gasteiger partial charge in [-0.05, 0) is 61.4 Å². The molecule has 0 radical (unpaired) electrons. The number of amides is 2. The molecule has 0 bridgehead atoms. The summed E-state index contributed by atoms with van der Waals surface area (Å²) in [4.78, 5) is 36.5. The van der Waals surface area contributed by atoms with E-state index in [-0.39, 0.29) is 17.5 Å². The lowest BCUT2D eigenvalue weighted by molar-refractivity contribution is -0.137. The Hall–Kier alpha value is -4.66. The minimum absolute atomic E-state index is 0.0984. The summed E-state index contributed by atoms with van der Waals surface area (Å²) in [6, 6.07) is 18.5. The molecule has 2 heterocycles. The van der Waals surface area contributed by atoms with E-state index in [1.54, 1.807) is 38.2 Å². The van der Waals surface area contributed by atoms with Crippen LogP contribution in [0.15, 0.2) is 66.9 Å². The second-order valence-corrected chi connectivity index (χ2v) is 8.98. The second-order valence-electron chi connectivity index (χ2n) is 8.98. The Balaban J connectivity index is 1.32. The van der Waals surface area contributed by atoms with Crippen LogP contribution in [-0.4, -0.2) is 53.6 Å². The third-order valence-electron chi connectivity index (χ3n) is 6.44. The van der Waals surface area contributed by atoms with Crippen molar-refractivity contribution in [3.05, 3.63) is 83.7 Å². The lowest BCUT2D eigenvalue weighted by atomic mass is 10.1. The number of para-hydroxylation sites is 2. The number of nitrogens with zero attached hydrogens (tertiary/aromatic N) is 3. The summed E-state index contributed by atoms with van der Waals surface area (Å²) in [5.41, 5.74) is 3.99. The summed E-state index contributed by atoms with van der Waals surface area (Å²) < 4.78 is 16.7. The van der Waals surface area contributed by atoms with E-state index in [9.17, 15) is 9.59 Å². The summed E-state index contributed by atoms with van der Waals surface area (Å²) in [6.07, 6.45) is 1.46. The average Bonchev–Trinajstić information content (AvgIpc) is 3.06. The average molecular weight is 513 g/mol.